The number of hydrogen-bond acceptors (Lipinski definition) is 3. The summed E-state index contributed by atoms with van der Waals surface area (Å²) in [5.74, 6) is -0.993. The Kier molecular flexibility index (Phi) is 5.19. The summed E-state index contributed by atoms with van der Waals surface area (Å²) in [7, 11) is 0. The molecule has 5 nitrogen and oxygen atoms in total. The zero-order chi connectivity index (χ0) is 16.2. The molecule has 1 saturated heterocycles. The van der Waals surface area contributed by atoms with E-state index in [4.69, 9.17) is 9.84 Å². The van der Waals surface area contributed by atoms with Gasteiger partial charge in [-0.05, 0) is 50.8 Å². The topological polar surface area (TPSA) is 75.6 Å². The molecule has 2 N–H and O–H groups in total. The van der Waals surface area contributed by atoms with Crippen molar-refractivity contribution in [1.82, 2.24) is 5.32 Å². The van der Waals surface area contributed by atoms with Gasteiger partial charge in [-0.2, -0.15) is 0 Å². The normalized spacial score (nSPS) is 18.7. The summed E-state index contributed by atoms with van der Waals surface area (Å²) in [6.07, 6.45) is 3.02. The lowest BCUT2D eigenvalue weighted by atomic mass is 9.81. The number of carbonyl (C=O) groups is 2. The maximum absolute atomic E-state index is 12.4. The van der Waals surface area contributed by atoms with Crippen molar-refractivity contribution in [3.8, 4) is 0 Å². The van der Waals surface area contributed by atoms with Crippen LogP contribution >= 0.6 is 0 Å². The van der Waals surface area contributed by atoms with Crippen LogP contribution in [-0.2, 0) is 16.1 Å². The van der Waals surface area contributed by atoms with Gasteiger partial charge in [0.1, 0.15) is 0 Å². The van der Waals surface area contributed by atoms with Crippen molar-refractivity contribution < 1.29 is 19.4 Å². The van der Waals surface area contributed by atoms with Gasteiger partial charge in [0.15, 0.2) is 0 Å². The fraction of sp³-hybridized carbons (Fsp3) is 0.529. The minimum Gasteiger partial charge on any atom is -0.478 e. The van der Waals surface area contributed by atoms with E-state index in [-0.39, 0.29) is 17.6 Å². The van der Waals surface area contributed by atoms with Crippen LogP contribution in [0.4, 0.5) is 0 Å². The summed E-state index contributed by atoms with van der Waals surface area (Å²) in [5.41, 5.74) is 0.547. The van der Waals surface area contributed by atoms with Gasteiger partial charge < -0.3 is 15.2 Å². The Labute approximate surface area is 130 Å². The van der Waals surface area contributed by atoms with Crippen LogP contribution in [0.5, 0.6) is 0 Å². The number of hydrogen-bond donors (Lipinski definition) is 2. The monoisotopic (exact) mass is 305 g/mol. The highest BCUT2D eigenvalue weighted by atomic mass is 16.5. The average molecular weight is 305 g/mol. The number of ether oxygens (including phenoxy) is 1. The van der Waals surface area contributed by atoms with E-state index in [2.05, 4.69) is 5.32 Å². The van der Waals surface area contributed by atoms with Crippen LogP contribution in [0.1, 0.15) is 49.0 Å². The third-order valence-electron chi connectivity index (χ3n) is 4.22. The zero-order valence-corrected chi connectivity index (χ0v) is 13.1. The summed E-state index contributed by atoms with van der Waals surface area (Å²) in [6.45, 7) is 4.92. The number of nitrogens with one attached hydrogen (secondary N) is 1. The number of carboxylic acid groups (broad SMARTS) is 1. The smallest absolute Gasteiger partial charge is 0.335 e. The van der Waals surface area contributed by atoms with Crippen LogP contribution < -0.4 is 5.32 Å². The first-order chi connectivity index (χ1) is 10.4. The Morgan fingerprint density at radius 1 is 1.27 bits per heavy atom. The quantitative estimate of drug-likeness (QED) is 0.876. The second kappa shape index (κ2) is 6.92. The molecule has 1 heterocycles. The van der Waals surface area contributed by atoms with Crippen LogP contribution in [-0.4, -0.2) is 29.7 Å². The number of carboxylic acids is 1. The number of benzene rings is 1. The molecular formula is C17H23NO4. The molecule has 0 saturated carbocycles. The van der Waals surface area contributed by atoms with Gasteiger partial charge in [-0.1, -0.05) is 12.1 Å². The highest BCUT2D eigenvalue weighted by Gasteiger charge is 2.38. The zero-order valence-electron chi connectivity index (χ0n) is 13.1. The van der Waals surface area contributed by atoms with E-state index in [1.54, 1.807) is 24.3 Å². The van der Waals surface area contributed by atoms with Gasteiger partial charge in [-0.3, -0.25) is 4.79 Å². The van der Waals surface area contributed by atoms with Gasteiger partial charge in [0.25, 0.3) is 0 Å². The number of aromatic carboxylic acids is 1. The molecule has 5 heteroatoms. The van der Waals surface area contributed by atoms with E-state index in [1.807, 2.05) is 13.8 Å². The largest absolute Gasteiger partial charge is 0.478 e. The van der Waals surface area contributed by atoms with Crippen molar-refractivity contribution in [1.29, 1.82) is 0 Å². The van der Waals surface area contributed by atoms with Crippen LogP contribution in [0.3, 0.4) is 0 Å². The Balaban J connectivity index is 1.92. The summed E-state index contributed by atoms with van der Waals surface area (Å²) in [6, 6.07) is 6.51. The van der Waals surface area contributed by atoms with E-state index in [9.17, 15) is 9.59 Å². The standard InChI is InChI=1S/C17H23NO4/c1-17(2,14-5-3-4-10-22-14)16(21)18-11-12-6-8-13(9-7-12)15(19)20/h6-9,14H,3-5,10-11H2,1-2H3,(H,18,21)(H,19,20). The van der Waals surface area contributed by atoms with E-state index >= 15 is 0 Å². The Morgan fingerprint density at radius 3 is 2.50 bits per heavy atom. The summed E-state index contributed by atoms with van der Waals surface area (Å²) in [5, 5.41) is 11.8. The van der Waals surface area contributed by atoms with Crippen LogP contribution in [0.25, 0.3) is 0 Å². The number of carbonyl (C=O) groups excluding carboxylic acids is 1. The van der Waals surface area contributed by atoms with Crippen molar-refractivity contribution >= 4 is 11.9 Å². The number of rotatable bonds is 5. The van der Waals surface area contributed by atoms with Crippen molar-refractivity contribution in [2.75, 3.05) is 6.61 Å². The van der Waals surface area contributed by atoms with Crippen LogP contribution in [0.2, 0.25) is 0 Å². The molecule has 0 radical (unpaired) electrons. The van der Waals surface area contributed by atoms with E-state index < -0.39 is 11.4 Å². The molecule has 1 aromatic carbocycles. The van der Waals surface area contributed by atoms with Gasteiger partial charge in [0, 0.05) is 13.2 Å². The first-order valence-electron chi connectivity index (χ1n) is 7.63. The Hall–Kier alpha value is -1.88. The van der Waals surface area contributed by atoms with E-state index in [0.717, 1.165) is 31.4 Å². The molecule has 1 aliphatic heterocycles. The second-order valence-corrected chi connectivity index (χ2v) is 6.26. The van der Waals surface area contributed by atoms with Crippen molar-refractivity contribution in [2.45, 2.75) is 45.8 Å². The maximum atomic E-state index is 12.4. The SMILES string of the molecule is CC(C)(C(=O)NCc1ccc(C(=O)O)cc1)C1CCCCO1. The molecule has 1 aliphatic rings. The van der Waals surface area contributed by atoms with Gasteiger partial charge >= 0.3 is 5.97 Å². The maximum Gasteiger partial charge on any atom is 0.335 e. The summed E-state index contributed by atoms with van der Waals surface area (Å²) >= 11 is 0. The molecule has 0 spiro atoms. The molecule has 2 rings (SSSR count). The molecule has 1 amide bonds. The molecule has 22 heavy (non-hydrogen) atoms. The predicted molar refractivity (Wildman–Crippen MR) is 82.6 cm³/mol. The molecular weight excluding hydrogens is 282 g/mol. The molecule has 1 fully saturated rings. The number of amides is 1. The fourth-order valence-corrected chi connectivity index (χ4v) is 2.63. The first kappa shape index (κ1) is 16.5. The van der Waals surface area contributed by atoms with E-state index in [1.165, 1.54) is 0 Å². The van der Waals surface area contributed by atoms with Gasteiger partial charge in [-0.25, -0.2) is 4.79 Å². The Morgan fingerprint density at radius 2 is 1.95 bits per heavy atom. The molecule has 1 aromatic rings. The lowest BCUT2D eigenvalue weighted by Gasteiger charge is -2.35. The Bertz CT molecular complexity index is 530. The molecule has 0 aliphatic carbocycles. The van der Waals surface area contributed by atoms with Gasteiger partial charge in [0.2, 0.25) is 5.91 Å². The first-order valence-corrected chi connectivity index (χ1v) is 7.63. The highest BCUT2D eigenvalue weighted by molar-refractivity contribution is 5.87. The second-order valence-electron chi connectivity index (χ2n) is 6.26. The highest BCUT2D eigenvalue weighted by Crippen LogP contribution is 2.30. The third-order valence-corrected chi connectivity index (χ3v) is 4.22. The molecule has 120 valence electrons. The predicted octanol–water partition coefficient (Wildman–Crippen LogP) is 2.60. The molecule has 0 bridgehead atoms. The molecule has 1 unspecified atom stereocenters. The van der Waals surface area contributed by atoms with Crippen LogP contribution in [0.15, 0.2) is 24.3 Å². The van der Waals surface area contributed by atoms with Crippen LogP contribution in [0, 0.1) is 5.41 Å². The third kappa shape index (κ3) is 3.85. The van der Waals surface area contributed by atoms with Gasteiger partial charge in [-0.15, -0.1) is 0 Å². The van der Waals surface area contributed by atoms with Crippen molar-refractivity contribution in [3.05, 3.63) is 35.4 Å². The fourth-order valence-electron chi connectivity index (χ4n) is 2.63. The minimum absolute atomic E-state index is 0.0401. The van der Waals surface area contributed by atoms with E-state index in [0.29, 0.717) is 6.54 Å². The lowest BCUT2D eigenvalue weighted by molar-refractivity contribution is -0.141. The van der Waals surface area contributed by atoms with Crippen molar-refractivity contribution in [3.63, 3.8) is 0 Å². The summed E-state index contributed by atoms with van der Waals surface area (Å²) in [4.78, 5) is 23.2. The van der Waals surface area contributed by atoms with Crippen molar-refractivity contribution in [2.24, 2.45) is 5.41 Å². The average Bonchev–Trinajstić information content (AvgIpc) is 2.53. The molecule has 0 aromatic heterocycles. The summed E-state index contributed by atoms with van der Waals surface area (Å²) < 4.78 is 5.73. The lowest BCUT2D eigenvalue weighted by Crippen LogP contribution is -2.46. The minimum atomic E-state index is -0.953. The van der Waals surface area contributed by atoms with Gasteiger partial charge in [0.05, 0.1) is 17.1 Å². The molecule has 1 atom stereocenters.